The Morgan fingerprint density at radius 1 is 1.12 bits per heavy atom. The fraction of sp³-hybridized carbons (Fsp3) is 0.400. The summed E-state index contributed by atoms with van der Waals surface area (Å²) in [5.74, 6) is 0.880. The van der Waals surface area contributed by atoms with E-state index < -0.39 is 10.0 Å². The average Bonchev–Trinajstić information content (AvgIpc) is 3.37. The van der Waals surface area contributed by atoms with Crippen molar-refractivity contribution >= 4 is 38.5 Å². The third kappa shape index (κ3) is 3.70. The fourth-order valence-corrected chi connectivity index (χ4v) is 4.97. The van der Waals surface area contributed by atoms with Crippen molar-refractivity contribution in [3.05, 3.63) is 36.3 Å². The van der Waals surface area contributed by atoms with Crippen LogP contribution in [0.4, 0.5) is 11.5 Å². The average molecular weight is 457 g/mol. The molecule has 3 aromatic rings. The Bertz CT molecular complexity index is 1300. The summed E-state index contributed by atoms with van der Waals surface area (Å²) in [7, 11) is -1.90. The van der Waals surface area contributed by atoms with Gasteiger partial charge in [-0.2, -0.15) is 5.10 Å². The van der Waals surface area contributed by atoms with Gasteiger partial charge in [0.1, 0.15) is 12.1 Å². The number of rotatable bonds is 4. The molecule has 2 aromatic heterocycles. The smallest absolute Gasteiger partial charge is 0.241 e. The number of amides is 1. The number of piperazine rings is 1. The van der Waals surface area contributed by atoms with E-state index in [4.69, 9.17) is 5.14 Å². The van der Waals surface area contributed by atoms with E-state index >= 15 is 0 Å². The van der Waals surface area contributed by atoms with Crippen LogP contribution in [0.15, 0.2) is 35.6 Å². The zero-order valence-electron chi connectivity index (χ0n) is 17.7. The first-order valence-electron chi connectivity index (χ1n) is 10.4. The van der Waals surface area contributed by atoms with Gasteiger partial charge in [-0.3, -0.25) is 14.4 Å². The molecule has 168 valence electrons. The standard InChI is InChI=1S/C20H24N8O3S/c1-25-19-16(11-24-25)20(23-13-22-19)27-8-6-26(7-9-27)12-18(29)28-5-4-14-10-15(32(21,30)31)2-3-17(14)28/h2-3,10-11,13H,4-9,12H2,1H3,(H2,21,30,31). The van der Waals surface area contributed by atoms with Crippen LogP contribution in [0.5, 0.6) is 0 Å². The van der Waals surface area contributed by atoms with Crippen LogP contribution < -0.4 is 14.9 Å². The van der Waals surface area contributed by atoms with Gasteiger partial charge in [-0.1, -0.05) is 0 Å². The Kier molecular flexibility index (Phi) is 5.07. The predicted octanol–water partition coefficient (Wildman–Crippen LogP) is -0.278. The molecule has 0 aliphatic carbocycles. The summed E-state index contributed by atoms with van der Waals surface area (Å²) in [6.07, 6.45) is 3.96. The molecule has 0 bridgehead atoms. The van der Waals surface area contributed by atoms with E-state index in [1.807, 2.05) is 7.05 Å². The molecule has 0 atom stereocenters. The van der Waals surface area contributed by atoms with Gasteiger partial charge in [-0.15, -0.1) is 0 Å². The van der Waals surface area contributed by atoms with E-state index in [1.54, 1.807) is 34.2 Å². The lowest BCUT2D eigenvalue weighted by atomic mass is 10.2. The van der Waals surface area contributed by atoms with E-state index in [2.05, 4.69) is 24.9 Å². The molecular weight excluding hydrogens is 432 g/mol. The maximum Gasteiger partial charge on any atom is 0.241 e. The van der Waals surface area contributed by atoms with Crippen LogP contribution >= 0.6 is 0 Å². The zero-order chi connectivity index (χ0) is 22.5. The lowest BCUT2D eigenvalue weighted by Gasteiger charge is -2.35. The van der Waals surface area contributed by atoms with Crippen molar-refractivity contribution in [2.45, 2.75) is 11.3 Å². The highest BCUT2D eigenvalue weighted by Gasteiger charge is 2.29. The van der Waals surface area contributed by atoms with Crippen LogP contribution in [0.1, 0.15) is 5.56 Å². The number of aryl methyl sites for hydroxylation is 1. The molecule has 2 aliphatic rings. The molecule has 2 aliphatic heterocycles. The molecule has 4 heterocycles. The Morgan fingerprint density at radius 3 is 2.66 bits per heavy atom. The number of aromatic nitrogens is 4. The molecule has 1 saturated heterocycles. The van der Waals surface area contributed by atoms with Crippen molar-refractivity contribution in [1.82, 2.24) is 24.6 Å². The number of hydrogen-bond donors (Lipinski definition) is 1. The van der Waals surface area contributed by atoms with E-state index in [-0.39, 0.29) is 10.8 Å². The number of fused-ring (bicyclic) bond motifs is 2. The molecule has 5 rings (SSSR count). The molecule has 1 aromatic carbocycles. The topological polar surface area (TPSA) is 131 Å². The Balaban J connectivity index is 1.23. The van der Waals surface area contributed by atoms with Crippen molar-refractivity contribution in [3.63, 3.8) is 0 Å². The highest BCUT2D eigenvalue weighted by molar-refractivity contribution is 7.89. The number of carbonyl (C=O) groups is 1. The van der Waals surface area contributed by atoms with Gasteiger partial charge in [0.05, 0.1) is 23.0 Å². The molecule has 0 radical (unpaired) electrons. The van der Waals surface area contributed by atoms with Crippen LogP contribution in [-0.4, -0.2) is 78.2 Å². The first-order chi connectivity index (χ1) is 15.3. The molecule has 0 spiro atoms. The van der Waals surface area contributed by atoms with E-state index in [9.17, 15) is 13.2 Å². The van der Waals surface area contributed by atoms with Crippen molar-refractivity contribution in [3.8, 4) is 0 Å². The fourth-order valence-electron chi connectivity index (χ4n) is 4.41. The minimum absolute atomic E-state index is 0.0113. The summed E-state index contributed by atoms with van der Waals surface area (Å²) >= 11 is 0. The molecule has 1 fully saturated rings. The Labute approximate surface area is 185 Å². The minimum atomic E-state index is -3.76. The normalized spacial score (nSPS) is 17.2. The highest BCUT2D eigenvalue weighted by Crippen LogP contribution is 2.30. The maximum absolute atomic E-state index is 13.0. The van der Waals surface area contributed by atoms with Crippen LogP contribution in [0, 0.1) is 0 Å². The minimum Gasteiger partial charge on any atom is -0.353 e. The van der Waals surface area contributed by atoms with E-state index in [0.717, 1.165) is 54.3 Å². The summed E-state index contributed by atoms with van der Waals surface area (Å²) in [5.41, 5.74) is 2.39. The van der Waals surface area contributed by atoms with Crippen LogP contribution in [0.2, 0.25) is 0 Å². The molecule has 0 saturated carbocycles. The number of benzene rings is 1. The van der Waals surface area contributed by atoms with Crippen molar-refractivity contribution in [2.75, 3.05) is 49.1 Å². The number of anilines is 2. The summed E-state index contributed by atoms with van der Waals surface area (Å²) in [6, 6.07) is 4.70. The number of nitrogens with zero attached hydrogens (tertiary/aromatic N) is 7. The van der Waals surface area contributed by atoms with Crippen molar-refractivity contribution in [2.24, 2.45) is 12.2 Å². The number of nitrogens with two attached hydrogens (primary N) is 1. The van der Waals surface area contributed by atoms with Gasteiger partial charge in [0.25, 0.3) is 0 Å². The second-order valence-electron chi connectivity index (χ2n) is 8.10. The summed E-state index contributed by atoms with van der Waals surface area (Å²) in [6.45, 7) is 3.84. The number of primary sulfonamides is 1. The van der Waals surface area contributed by atoms with Crippen LogP contribution in [0.3, 0.4) is 0 Å². The lowest BCUT2D eigenvalue weighted by Crippen LogP contribution is -2.50. The molecule has 1 amide bonds. The van der Waals surface area contributed by atoms with Gasteiger partial charge in [-0.05, 0) is 30.2 Å². The molecule has 32 heavy (non-hydrogen) atoms. The first-order valence-corrected chi connectivity index (χ1v) is 11.9. The van der Waals surface area contributed by atoms with E-state index in [0.29, 0.717) is 19.5 Å². The molecule has 2 N–H and O–H groups in total. The number of hydrogen-bond acceptors (Lipinski definition) is 8. The van der Waals surface area contributed by atoms with Crippen molar-refractivity contribution < 1.29 is 13.2 Å². The third-order valence-corrected chi connectivity index (χ3v) is 7.03. The van der Waals surface area contributed by atoms with Gasteiger partial charge in [-0.25, -0.2) is 23.5 Å². The van der Waals surface area contributed by atoms with E-state index in [1.165, 1.54) is 6.07 Å². The highest BCUT2D eigenvalue weighted by atomic mass is 32.2. The quantitative estimate of drug-likeness (QED) is 0.567. The zero-order valence-corrected chi connectivity index (χ0v) is 18.5. The second-order valence-corrected chi connectivity index (χ2v) is 9.66. The second kappa shape index (κ2) is 7.80. The first kappa shape index (κ1) is 20.8. The summed E-state index contributed by atoms with van der Waals surface area (Å²) in [4.78, 5) is 27.9. The summed E-state index contributed by atoms with van der Waals surface area (Å²) in [5, 5.41) is 10.4. The Hall–Kier alpha value is -3.09. The lowest BCUT2D eigenvalue weighted by molar-refractivity contribution is -0.119. The Morgan fingerprint density at radius 2 is 1.91 bits per heavy atom. The van der Waals surface area contributed by atoms with Crippen LogP contribution in [0.25, 0.3) is 11.0 Å². The SMILES string of the molecule is Cn1ncc2c(N3CCN(CC(=O)N4CCc5cc(S(N)(=O)=O)ccc54)CC3)ncnc21. The predicted molar refractivity (Wildman–Crippen MR) is 119 cm³/mol. The largest absolute Gasteiger partial charge is 0.353 e. The van der Waals surface area contributed by atoms with Gasteiger partial charge >= 0.3 is 0 Å². The van der Waals surface area contributed by atoms with Gasteiger partial charge in [0.15, 0.2) is 5.65 Å². The molecule has 12 heteroatoms. The number of carbonyl (C=O) groups excluding carboxylic acids is 1. The van der Waals surface area contributed by atoms with Gasteiger partial charge < -0.3 is 9.80 Å². The van der Waals surface area contributed by atoms with Gasteiger partial charge in [0, 0.05) is 45.5 Å². The van der Waals surface area contributed by atoms with Crippen LogP contribution in [-0.2, 0) is 28.3 Å². The molecular formula is C20H24N8O3S. The third-order valence-electron chi connectivity index (χ3n) is 6.12. The molecule has 11 nitrogen and oxygen atoms in total. The summed E-state index contributed by atoms with van der Waals surface area (Å²) < 4.78 is 24.9. The number of sulfonamides is 1. The maximum atomic E-state index is 13.0. The van der Waals surface area contributed by atoms with Gasteiger partial charge in [0.2, 0.25) is 15.9 Å². The van der Waals surface area contributed by atoms with Crippen molar-refractivity contribution in [1.29, 1.82) is 0 Å². The monoisotopic (exact) mass is 456 g/mol. The molecule has 0 unspecified atom stereocenters.